The number of nitrogens with two attached hydrogens (primary N) is 1. The number of carbonyl (C=O) groups excluding carboxylic acids is 1. The molecule has 2 heterocycles. The van der Waals surface area contributed by atoms with Crippen LogP contribution in [0.25, 0.3) is 0 Å². The summed E-state index contributed by atoms with van der Waals surface area (Å²) in [5.41, 5.74) is 5.90. The Morgan fingerprint density at radius 2 is 2.20 bits per heavy atom. The van der Waals surface area contributed by atoms with Gasteiger partial charge in [0.05, 0.1) is 5.54 Å². The van der Waals surface area contributed by atoms with Crippen LogP contribution in [0.15, 0.2) is 24.5 Å². The smallest absolute Gasteiger partial charge is 0.184 e. The molecule has 1 aliphatic heterocycles. The van der Waals surface area contributed by atoms with Crippen molar-refractivity contribution in [2.75, 3.05) is 13.2 Å². The molecule has 4 nitrogen and oxygen atoms in total. The van der Waals surface area contributed by atoms with Crippen LogP contribution in [-0.2, 0) is 4.74 Å². The molecular weight excluding hydrogens is 192 g/mol. The van der Waals surface area contributed by atoms with Crippen LogP contribution in [0.5, 0.6) is 0 Å². The zero-order valence-electron chi connectivity index (χ0n) is 8.48. The lowest BCUT2D eigenvalue weighted by Gasteiger charge is -2.31. The Bertz CT molecular complexity index is 345. The van der Waals surface area contributed by atoms with Gasteiger partial charge in [-0.15, -0.1) is 0 Å². The van der Waals surface area contributed by atoms with Crippen LogP contribution in [0.1, 0.15) is 23.2 Å². The van der Waals surface area contributed by atoms with Gasteiger partial charge in [0.1, 0.15) is 0 Å². The number of carbonyl (C=O) groups is 1. The number of pyridine rings is 1. The fourth-order valence-electron chi connectivity index (χ4n) is 1.75. The van der Waals surface area contributed by atoms with Gasteiger partial charge in [-0.05, 0) is 25.0 Å². The van der Waals surface area contributed by atoms with Crippen molar-refractivity contribution in [1.29, 1.82) is 0 Å². The fourth-order valence-corrected chi connectivity index (χ4v) is 1.75. The molecule has 15 heavy (non-hydrogen) atoms. The zero-order chi connectivity index (χ0) is 10.7. The Balaban J connectivity index is 2.20. The Hall–Kier alpha value is -1.26. The van der Waals surface area contributed by atoms with Gasteiger partial charge in [-0.1, -0.05) is 0 Å². The quantitative estimate of drug-likeness (QED) is 0.726. The number of rotatable bonds is 2. The van der Waals surface area contributed by atoms with Crippen molar-refractivity contribution in [3.05, 3.63) is 30.1 Å². The second-order valence-electron chi connectivity index (χ2n) is 3.84. The summed E-state index contributed by atoms with van der Waals surface area (Å²) in [6, 6.07) is 3.50. The third-order valence-electron chi connectivity index (χ3n) is 2.76. The van der Waals surface area contributed by atoms with Gasteiger partial charge in [0.15, 0.2) is 5.78 Å². The van der Waals surface area contributed by atoms with Crippen molar-refractivity contribution in [1.82, 2.24) is 4.98 Å². The molecule has 1 saturated heterocycles. The van der Waals surface area contributed by atoms with Gasteiger partial charge in [0.2, 0.25) is 0 Å². The average Bonchev–Trinajstić information content (AvgIpc) is 2.30. The molecular formula is C11H14N2O2. The Labute approximate surface area is 88.4 Å². The van der Waals surface area contributed by atoms with Gasteiger partial charge in [-0.25, -0.2) is 0 Å². The summed E-state index contributed by atoms with van der Waals surface area (Å²) < 4.78 is 5.20. The second kappa shape index (κ2) is 4.08. The first-order chi connectivity index (χ1) is 7.22. The second-order valence-corrected chi connectivity index (χ2v) is 3.84. The first kappa shape index (κ1) is 10.3. The maximum atomic E-state index is 12.1. The van der Waals surface area contributed by atoms with Gasteiger partial charge in [0, 0.05) is 31.2 Å². The summed E-state index contributed by atoms with van der Waals surface area (Å²) in [5, 5.41) is 0. The summed E-state index contributed by atoms with van der Waals surface area (Å²) >= 11 is 0. The molecule has 0 atom stereocenters. The highest BCUT2D eigenvalue weighted by Crippen LogP contribution is 2.22. The van der Waals surface area contributed by atoms with Crippen molar-refractivity contribution in [3.63, 3.8) is 0 Å². The van der Waals surface area contributed by atoms with E-state index >= 15 is 0 Å². The summed E-state index contributed by atoms with van der Waals surface area (Å²) in [7, 11) is 0. The average molecular weight is 206 g/mol. The largest absolute Gasteiger partial charge is 0.381 e. The summed E-state index contributed by atoms with van der Waals surface area (Å²) in [4.78, 5) is 16.0. The predicted molar refractivity (Wildman–Crippen MR) is 55.5 cm³/mol. The highest BCUT2D eigenvalue weighted by Gasteiger charge is 2.36. The first-order valence-corrected chi connectivity index (χ1v) is 5.04. The van der Waals surface area contributed by atoms with Crippen molar-refractivity contribution < 1.29 is 9.53 Å². The molecule has 0 aliphatic carbocycles. The minimum absolute atomic E-state index is 0.0288. The minimum Gasteiger partial charge on any atom is -0.381 e. The summed E-state index contributed by atoms with van der Waals surface area (Å²) in [6.45, 7) is 1.12. The van der Waals surface area contributed by atoms with Gasteiger partial charge in [-0.2, -0.15) is 0 Å². The van der Waals surface area contributed by atoms with E-state index in [2.05, 4.69) is 4.98 Å². The monoisotopic (exact) mass is 206 g/mol. The highest BCUT2D eigenvalue weighted by molar-refractivity contribution is 6.02. The lowest BCUT2D eigenvalue weighted by atomic mass is 9.84. The van der Waals surface area contributed by atoms with Crippen molar-refractivity contribution in [2.24, 2.45) is 5.73 Å². The Morgan fingerprint density at radius 1 is 1.47 bits per heavy atom. The Morgan fingerprint density at radius 3 is 2.80 bits per heavy atom. The van der Waals surface area contributed by atoms with E-state index in [1.54, 1.807) is 24.5 Å². The molecule has 1 aromatic rings. The summed E-state index contributed by atoms with van der Waals surface area (Å²) in [5.74, 6) is -0.0288. The van der Waals surface area contributed by atoms with Crippen LogP contribution in [0.2, 0.25) is 0 Å². The molecule has 0 aromatic carbocycles. The van der Waals surface area contributed by atoms with Crippen molar-refractivity contribution in [2.45, 2.75) is 18.4 Å². The molecule has 0 spiro atoms. The molecule has 80 valence electrons. The van der Waals surface area contributed by atoms with E-state index in [1.807, 2.05) is 0 Å². The minimum atomic E-state index is -0.763. The molecule has 4 heteroatoms. The van der Waals surface area contributed by atoms with Crippen LogP contribution in [0.3, 0.4) is 0 Å². The van der Waals surface area contributed by atoms with Gasteiger partial charge >= 0.3 is 0 Å². The first-order valence-electron chi connectivity index (χ1n) is 5.04. The third-order valence-corrected chi connectivity index (χ3v) is 2.76. The number of ether oxygens (including phenoxy) is 1. The predicted octanol–water partition coefficient (Wildman–Crippen LogP) is 0.772. The van der Waals surface area contributed by atoms with E-state index in [0.29, 0.717) is 31.6 Å². The molecule has 2 N–H and O–H groups in total. The van der Waals surface area contributed by atoms with E-state index < -0.39 is 5.54 Å². The van der Waals surface area contributed by atoms with Crippen LogP contribution in [-0.4, -0.2) is 29.5 Å². The number of hydrogen-bond donors (Lipinski definition) is 1. The Kier molecular flexibility index (Phi) is 2.79. The maximum Gasteiger partial charge on any atom is 0.184 e. The summed E-state index contributed by atoms with van der Waals surface area (Å²) in [6.07, 6.45) is 4.37. The fraction of sp³-hybridized carbons (Fsp3) is 0.455. The van der Waals surface area contributed by atoms with Crippen LogP contribution in [0, 0.1) is 0 Å². The number of aromatic nitrogens is 1. The van der Waals surface area contributed by atoms with E-state index in [4.69, 9.17) is 10.5 Å². The van der Waals surface area contributed by atoms with E-state index in [9.17, 15) is 4.79 Å². The molecule has 1 aliphatic rings. The normalized spacial score (nSPS) is 19.8. The molecule has 1 aromatic heterocycles. The zero-order valence-corrected chi connectivity index (χ0v) is 8.48. The third kappa shape index (κ3) is 2.06. The lowest BCUT2D eigenvalue weighted by Crippen LogP contribution is -2.51. The number of ketones is 1. The maximum absolute atomic E-state index is 12.1. The van der Waals surface area contributed by atoms with E-state index in [1.165, 1.54) is 0 Å². The number of hydrogen-bond acceptors (Lipinski definition) is 4. The van der Waals surface area contributed by atoms with E-state index in [0.717, 1.165) is 0 Å². The molecule has 0 radical (unpaired) electrons. The number of nitrogens with zero attached hydrogens (tertiary/aromatic N) is 1. The molecule has 1 fully saturated rings. The highest BCUT2D eigenvalue weighted by atomic mass is 16.5. The van der Waals surface area contributed by atoms with Crippen molar-refractivity contribution in [3.8, 4) is 0 Å². The SMILES string of the molecule is NC1(C(=O)c2cccnc2)CCOCC1. The van der Waals surface area contributed by atoms with Gasteiger partial charge in [0.25, 0.3) is 0 Å². The lowest BCUT2D eigenvalue weighted by molar-refractivity contribution is 0.0447. The van der Waals surface area contributed by atoms with Crippen LogP contribution >= 0.6 is 0 Å². The molecule has 2 rings (SSSR count). The van der Waals surface area contributed by atoms with Crippen LogP contribution in [0.4, 0.5) is 0 Å². The standard InChI is InChI=1S/C11H14N2O2/c12-11(3-6-15-7-4-11)10(14)9-2-1-5-13-8-9/h1-2,5,8H,3-4,6-7,12H2. The number of Topliss-reactive ketones (excluding diaryl/α,β-unsaturated/α-hetero) is 1. The molecule has 0 unspecified atom stereocenters. The van der Waals surface area contributed by atoms with Gasteiger partial charge < -0.3 is 10.5 Å². The molecule has 0 saturated carbocycles. The van der Waals surface area contributed by atoms with E-state index in [-0.39, 0.29) is 5.78 Å². The molecule has 0 amide bonds. The van der Waals surface area contributed by atoms with Crippen LogP contribution < -0.4 is 5.73 Å². The van der Waals surface area contributed by atoms with Gasteiger partial charge in [-0.3, -0.25) is 9.78 Å². The van der Waals surface area contributed by atoms with Crippen molar-refractivity contribution >= 4 is 5.78 Å². The topological polar surface area (TPSA) is 65.2 Å². The molecule has 0 bridgehead atoms.